The second-order valence-electron chi connectivity index (χ2n) is 8.38. The van der Waals surface area contributed by atoms with Crippen LogP contribution in [-0.4, -0.2) is 51.0 Å². The second-order valence-corrected chi connectivity index (χ2v) is 8.38. The first kappa shape index (κ1) is 22.4. The Morgan fingerprint density at radius 1 is 1.12 bits per heavy atom. The molecule has 1 saturated heterocycles. The molecule has 2 aliphatic heterocycles. The number of methoxy groups -OCH3 is 1. The largest absolute Gasteiger partial charge is 0.550 e. The molecule has 7 heteroatoms. The van der Waals surface area contributed by atoms with E-state index in [0.29, 0.717) is 18.0 Å². The van der Waals surface area contributed by atoms with E-state index in [4.69, 9.17) is 14.2 Å². The molecule has 1 N–H and O–H groups in total. The van der Waals surface area contributed by atoms with Gasteiger partial charge >= 0.3 is 0 Å². The van der Waals surface area contributed by atoms with Gasteiger partial charge in [-0.1, -0.05) is 25.1 Å². The maximum atomic E-state index is 12.5. The number of carboxylic acids is 1. The van der Waals surface area contributed by atoms with Gasteiger partial charge in [-0.25, -0.2) is 0 Å². The van der Waals surface area contributed by atoms with Crippen molar-refractivity contribution >= 4 is 5.97 Å². The van der Waals surface area contributed by atoms with Gasteiger partial charge in [-0.2, -0.15) is 0 Å². The summed E-state index contributed by atoms with van der Waals surface area (Å²) in [5.74, 6) is 0.210. The van der Waals surface area contributed by atoms with Crippen LogP contribution in [-0.2, 0) is 4.79 Å². The monoisotopic (exact) mass is 439 g/mol. The van der Waals surface area contributed by atoms with Crippen LogP contribution >= 0.6 is 0 Å². The van der Waals surface area contributed by atoms with Crippen molar-refractivity contribution in [2.45, 2.75) is 31.7 Å². The zero-order valence-electron chi connectivity index (χ0n) is 18.7. The van der Waals surface area contributed by atoms with Crippen LogP contribution in [0.5, 0.6) is 17.2 Å². The summed E-state index contributed by atoms with van der Waals surface area (Å²) in [6, 6.07) is 13.2. The van der Waals surface area contributed by atoms with E-state index in [1.165, 1.54) is 0 Å². The number of ether oxygens (including phenoxy) is 3. The van der Waals surface area contributed by atoms with E-state index in [1.54, 1.807) is 7.11 Å². The van der Waals surface area contributed by atoms with Crippen molar-refractivity contribution in [3.8, 4) is 17.2 Å². The molecule has 0 aromatic heterocycles. The van der Waals surface area contributed by atoms with Gasteiger partial charge in [0, 0.05) is 36.9 Å². The molecule has 0 bridgehead atoms. The van der Waals surface area contributed by atoms with Gasteiger partial charge in [-0.05, 0) is 61.3 Å². The summed E-state index contributed by atoms with van der Waals surface area (Å²) in [5.41, 5.74) is 1.90. The Bertz CT molecular complexity index is 917. The zero-order chi connectivity index (χ0) is 22.5. The predicted molar refractivity (Wildman–Crippen MR) is 119 cm³/mol. The van der Waals surface area contributed by atoms with Gasteiger partial charge < -0.3 is 29.4 Å². The lowest BCUT2D eigenvalue weighted by atomic mass is 9.82. The van der Waals surface area contributed by atoms with Gasteiger partial charge in [0.1, 0.15) is 5.75 Å². The van der Waals surface area contributed by atoms with Crippen LogP contribution < -0.4 is 24.6 Å². The van der Waals surface area contributed by atoms with Crippen LogP contribution in [0, 0.1) is 5.92 Å². The number of hydrogen-bond acceptors (Lipinski definition) is 7. The predicted octanol–water partition coefficient (Wildman–Crippen LogP) is 2.32. The highest BCUT2D eigenvalue weighted by Crippen LogP contribution is 2.47. The quantitative estimate of drug-likeness (QED) is 0.569. The summed E-state index contributed by atoms with van der Waals surface area (Å²) in [4.78, 5) is 14.7. The Balaban J connectivity index is 1.62. The van der Waals surface area contributed by atoms with Gasteiger partial charge in [-0.3, -0.25) is 4.90 Å². The van der Waals surface area contributed by atoms with E-state index in [1.807, 2.05) is 42.5 Å². The summed E-state index contributed by atoms with van der Waals surface area (Å²) in [5, 5.41) is 15.9. The number of benzene rings is 2. The molecule has 2 aromatic carbocycles. The number of likely N-dealkylation sites (tertiary alicyclic amines) is 1. The summed E-state index contributed by atoms with van der Waals surface area (Å²) in [6.07, 6.45) is 2.04. The van der Waals surface area contributed by atoms with Crippen molar-refractivity contribution in [1.82, 2.24) is 10.2 Å². The number of nitrogens with zero attached hydrogens (tertiary/aromatic N) is 1. The number of carbonyl (C=O) groups is 1. The fourth-order valence-corrected chi connectivity index (χ4v) is 4.84. The van der Waals surface area contributed by atoms with E-state index in [2.05, 4.69) is 17.1 Å². The molecular weight excluding hydrogens is 408 g/mol. The second kappa shape index (κ2) is 10.2. The lowest BCUT2D eigenvalue weighted by molar-refractivity contribution is -0.312. The number of rotatable bonds is 10. The van der Waals surface area contributed by atoms with E-state index < -0.39 is 11.9 Å². The van der Waals surface area contributed by atoms with Crippen LogP contribution in [0.3, 0.4) is 0 Å². The van der Waals surface area contributed by atoms with Crippen molar-refractivity contribution in [2.24, 2.45) is 5.92 Å². The van der Waals surface area contributed by atoms with Crippen molar-refractivity contribution in [3.63, 3.8) is 0 Å². The molecule has 2 aliphatic rings. The Kier molecular flexibility index (Phi) is 7.17. The average molecular weight is 440 g/mol. The van der Waals surface area contributed by atoms with E-state index in [9.17, 15) is 9.90 Å². The Hall–Kier alpha value is -2.77. The number of hydrogen-bond donors (Lipinski definition) is 1. The first-order chi connectivity index (χ1) is 15.6. The molecule has 3 atom stereocenters. The highest BCUT2D eigenvalue weighted by molar-refractivity contribution is 5.72. The normalized spacial score (nSPS) is 22.2. The highest BCUT2D eigenvalue weighted by Gasteiger charge is 2.44. The van der Waals surface area contributed by atoms with Crippen LogP contribution in [0.4, 0.5) is 0 Å². The van der Waals surface area contributed by atoms with E-state index in [0.717, 1.165) is 49.4 Å². The summed E-state index contributed by atoms with van der Waals surface area (Å²) >= 11 is 0. The molecule has 3 unspecified atom stereocenters. The fourth-order valence-electron chi connectivity index (χ4n) is 4.84. The molecule has 172 valence electrons. The molecule has 2 heterocycles. The van der Waals surface area contributed by atoms with Gasteiger partial charge in [-0.15, -0.1) is 0 Å². The van der Waals surface area contributed by atoms with Crippen LogP contribution in [0.2, 0.25) is 0 Å². The molecule has 7 nitrogen and oxygen atoms in total. The Morgan fingerprint density at radius 3 is 2.59 bits per heavy atom. The summed E-state index contributed by atoms with van der Waals surface area (Å²) in [6.45, 7) is 5.68. The van der Waals surface area contributed by atoms with Crippen molar-refractivity contribution in [1.29, 1.82) is 0 Å². The standard InChI is InChI=1S/C25H32N2O5/c1-3-11-26-12-4-13-27-15-20(18-7-10-21-22(14-18)32-16-31-21)23(25(28)29)24(27)17-5-8-19(30-2)9-6-17/h5-10,14,20,23-24,26H,3-4,11-13,15-16H2,1-2H3,(H,28,29)/p-1. The topological polar surface area (TPSA) is 83.1 Å². The maximum Gasteiger partial charge on any atom is 0.231 e. The third-order valence-corrected chi connectivity index (χ3v) is 6.38. The number of carbonyl (C=O) groups excluding carboxylic acids is 1. The molecular formula is C25H31N2O5-. The number of carboxylic acid groups (broad SMARTS) is 1. The highest BCUT2D eigenvalue weighted by atomic mass is 16.7. The summed E-state index contributed by atoms with van der Waals surface area (Å²) < 4.78 is 16.3. The van der Waals surface area contributed by atoms with Crippen LogP contribution in [0.25, 0.3) is 0 Å². The van der Waals surface area contributed by atoms with Gasteiger partial charge in [0.2, 0.25) is 6.79 Å². The van der Waals surface area contributed by atoms with Crippen molar-refractivity contribution in [2.75, 3.05) is 40.1 Å². The summed E-state index contributed by atoms with van der Waals surface area (Å²) in [7, 11) is 1.62. The van der Waals surface area contributed by atoms with Crippen molar-refractivity contribution in [3.05, 3.63) is 53.6 Å². The minimum absolute atomic E-state index is 0.193. The molecule has 1 fully saturated rings. The van der Waals surface area contributed by atoms with Crippen LogP contribution in [0.15, 0.2) is 42.5 Å². The van der Waals surface area contributed by atoms with Crippen molar-refractivity contribution < 1.29 is 24.1 Å². The molecule has 4 rings (SSSR count). The first-order valence-corrected chi connectivity index (χ1v) is 11.3. The SMILES string of the molecule is CCCNCCCN1CC(c2ccc3c(c2)OCO3)C(C(=O)[O-])C1c1ccc(OC)cc1. The minimum Gasteiger partial charge on any atom is -0.550 e. The Morgan fingerprint density at radius 2 is 1.88 bits per heavy atom. The molecule has 0 radical (unpaired) electrons. The molecule has 2 aromatic rings. The van der Waals surface area contributed by atoms with Gasteiger partial charge in [0.05, 0.1) is 7.11 Å². The van der Waals surface area contributed by atoms with Gasteiger partial charge in [0.15, 0.2) is 11.5 Å². The third kappa shape index (κ3) is 4.69. The molecule has 32 heavy (non-hydrogen) atoms. The van der Waals surface area contributed by atoms with Crippen LogP contribution in [0.1, 0.15) is 42.9 Å². The Labute approximate surface area is 189 Å². The molecule has 0 spiro atoms. The van der Waals surface area contributed by atoms with E-state index >= 15 is 0 Å². The lowest BCUT2D eigenvalue weighted by Crippen LogP contribution is -2.38. The fraction of sp³-hybridized carbons (Fsp3) is 0.480. The smallest absolute Gasteiger partial charge is 0.231 e. The zero-order valence-corrected chi connectivity index (χ0v) is 18.7. The molecule has 0 amide bonds. The first-order valence-electron chi connectivity index (χ1n) is 11.3. The maximum absolute atomic E-state index is 12.5. The third-order valence-electron chi connectivity index (χ3n) is 6.38. The molecule has 0 saturated carbocycles. The minimum atomic E-state index is -1.03. The van der Waals surface area contributed by atoms with E-state index in [-0.39, 0.29) is 18.8 Å². The van der Waals surface area contributed by atoms with Gasteiger partial charge in [0.25, 0.3) is 0 Å². The number of nitrogens with one attached hydrogen (secondary N) is 1. The number of aliphatic carboxylic acids is 1. The number of fused-ring (bicyclic) bond motifs is 1. The lowest BCUT2D eigenvalue weighted by Gasteiger charge is -2.30. The molecule has 0 aliphatic carbocycles. The average Bonchev–Trinajstić information content (AvgIpc) is 3.43.